The standard InChI is InChI=1S/C14H15NO3/c1-3-18-11-7-10(8-15-9-11)12-5-4-6-13(17-2)14(12)16/h4-9,16H,3H2,1-2H3. The number of ether oxygens (including phenoxy) is 2. The van der Waals surface area contributed by atoms with E-state index in [1.54, 1.807) is 18.5 Å². The van der Waals surface area contributed by atoms with Crippen LogP contribution < -0.4 is 9.47 Å². The molecular formula is C14H15NO3. The number of phenolic OH excluding ortho intramolecular Hbond substituents is 1. The molecule has 18 heavy (non-hydrogen) atoms. The zero-order valence-corrected chi connectivity index (χ0v) is 10.4. The first-order valence-corrected chi connectivity index (χ1v) is 5.70. The SMILES string of the molecule is CCOc1cncc(-c2cccc(OC)c2O)c1. The molecule has 1 aromatic carbocycles. The number of aromatic nitrogens is 1. The Hall–Kier alpha value is -2.23. The number of rotatable bonds is 4. The van der Waals surface area contributed by atoms with Gasteiger partial charge in [-0.25, -0.2) is 0 Å². The summed E-state index contributed by atoms with van der Waals surface area (Å²) in [7, 11) is 1.52. The maximum Gasteiger partial charge on any atom is 0.165 e. The molecule has 0 aliphatic heterocycles. The Morgan fingerprint density at radius 1 is 1.28 bits per heavy atom. The van der Waals surface area contributed by atoms with E-state index < -0.39 is 0 Å². The van der Waals surface area contributed by atoms with Crippen LogP contribution in [0.1, 0.15) is 6.92 Å². The van der Waals surface area contributed by atoms with Crippen molar-refractivity contribution in [3.63, 3.8) is 0 Å². The number of hydrogen-bond acceptors (Lipinski definition) is 4. The monoisotopic (exact) mass is 245 g/mol. The molecule has 2 rings (SSSR count). The number of hydrogen-bond donors (Lipinski definition) is 1. The molecule has 1 N–H and O–H groups in total. The highest BCUT2D eigenvalue weighted by Crippen LogP contribution is 2.37. The van der Waals surface area contributed by atoms with Crippen molar-refractivity contribution in [2.24, 2.45) is 0 Å². The second-order valence-corrected chi connectivity index (χ2v) is 3.70. The first kappa shape index (κ1) is 12.2. The average molecular weight is 245 g/mol. The second kappa shape index (κ2) is 5.40. The van der Waals surface area contributed by atoms with E-state index in [9.17, 15) is 5.11 Å². The van der Waals surface area contributed by atoms with Crippen molar-refractivity contribution >= 4 is 0 Å². The van der Waals surface area contributed by atoms with Crippen LogP contribution >= 0.6 is 0 Å². The molecule has 1 heterocycles. The van der Waals surface area contributed by atoms with Gasteiger partial charge in [0.25, 0.3) is 0 Å². The lowest BCUT2D eigenvalue weighted by atomic mass is 10.1. The number of pyridine rings is 1. The molecule has 0 unspecified atom stereocenters. The molecule has 2 aromatic rings. The summed E-state index contributed by atoms with van der Waals surface area (Å²) in [5, 5.41) is 10.1. The fourth-order valence-corrected chi connectivity index (χ4v) is 1.73. The molecule has 1 aromatic heterocycles. The summed E-state index contributed by atoms with van der Waals surface area (Å²) in [4.78, 5) is 4.10. The van der Waals surface area contributed by atoms with E-state index in [-0.39, 0.29) is 5.75 Å². The van der Waals surface area contributed by atoms with Crippen LogP contribution in [-0.4, -0.2) is 23.8 Å². The van der Waals surface area contributed by atoms with Gasteiger partial charge in [-0.2, -0.15) is 0 Å². The predicted octanol–water partition coefficient (Wildman–Crippen LogP) is 2.86. The van der Waals surface area contributed by atoms with Crippen molar-refractivity contribution < 1.29 is 14.6 Å². The van der Waals surface area contributed by atoms with Gasteiger partial charge >= 0.3 is 0 Å². The lowest BCUT2D eigenvalue weighted by Crippen LogP contribution is -1.93. The number of benzene rings is 1. The second-order valence-electron chi connectivity index (χ2n) is 3.70. The topological polar surface area (TPSA) is 51.6 Å². The van der Waals surface area contributed by atoms with Crippen molar-refractivity contribution in [1.29, 1.82) is 0 Å². The minimum atomic E-state index is 0.107. The zero-order chi connectivity index (χ0) is 13.0. The van der Waals surface area contributed by atoms with Gasteiger partial charge < -0.3 is 14.6 Å². The minimum absolute atomic E-state index is 0.107. The highest BCUT2D eigenvalue weighted by atomic mass is 16.5. The van der Waals surface area contributed by atoms with Crippen LogP contribution in [0.3, 0.4) is 0 Å². The average Bonchev–Trinajstić information content (AvgIpc) is 2.40. The fraction of sp³-hybridized carbons (Fsp3) is 0.214. The van der Waals surface area contributed by atoms with Gasteiger partial charge in [0, 0.05) is 17.3 Å². The Balaban J connectivity index is 2.45. The molecule has 94 valence electrons. The molecule has 0 saturated carbocycles. The van der Waals surface area contributed by atoms with Crippen LogP contribution in [0.2, 0.25) is 0 Å². The fourth-order valence-electron chi connectivity index (χ4n) is 1.73. The van der Waals surface area contributed by atoms with E-state index >= 15 is 0 Å². The Kier molecular flexibility index (Phi) is 3.67. The smallest absolute Gasteiger partial charge is 0.165 e. The molecule has 0 aliphatic rings. The van der Waals surface area contributed by atoms with Gasteiger partial charge in [-0.05, 0) is 19.1 Å². The Morgan fingerprint density at radius 2 is 2.11 bits per heavy atom. The normalized spacial score (nSPS) is 10.1. The van der Waals surface area contributed by atoms with E-state index in [0.29, 0.717) is 23.7 Å². The van der Waals surface area contributed by atoms with Gasteiger partial charge in [0.15, 0.2) is 11.5 Å². The number of methoxy groups -OCH3 is 1. The summed E-state index contributed by atoms with van der Waals surface area (Å²) >= 11 is 0. The molecule has 0 saturated heterocycles. The highest BCUT2D eigenvalue weighted by molar-refractivity contribution is 5.73. The van der Waals surface area contributed by atoms with Gasteiger partial charge in [-0.15, -0.1) is 0 Å². The summed E-state index contributed by atoms with van der Waals surface area (Å²) in [6.45, 7) is 2.49. The third-order valence-corrected chi connectivity index (χ3v) is 2.55. The molecule has 0 spiro atoms. The largest absolute Gasteiger partial charge is 0.504 e. The summed E-state index contributed by atoms with van der Waals surface area (Å²) < 4.78 is 10.5. The molecule has 0 amide bonds. The van der Waals surface area contributed by atoms with Crippen LogP contribution in [0.4, 0.5) is 0 Å². The highest BCUT2D eigenvalue weighted by Gasteiger charge is 2.10. The van der Waals surface area contributed by atoms with E-state index in [2.05, 4.69) is 4.98 Å². The maximum atomic E-state index is 10.1. The van der Waals surface area contributed by atoms with Gasteiger partial charge in [-0.3, -0.25) is 4.98 Å². The van der Waals surface area contributed by atoms with Crippen molar-refractivity contribution in [1.82, 2.24) is 4.98 Å². The third-order valence-electron chi connectivity index (χ3n) is 2.55. The van der Waals surface area contributed by atoms with E-state index in [4.69, 9.17) is 9.47 Å². The van der Waals surface area contributed by atoms with Gasteiger partial charge in [0.1, 0.15) is 5.75 Å². The quantitative estimate of drug-likeness (QED) is 0.899. The van der Waals surface area contributed by atoms with Crippen LogP contribution in [0.25, 0.3) is 11.1 Å². The van der Waals surface area contributed by atoms with E-state index in [1.807, 2.05) is 25.1 Å². The summed E-state index contributed by atoms with van der Waals surface area (Å²) in [6.07, 6.45) is 3.32. The molecule has 0 atom stereocenters. The summed E-state index contributed by atoms with van der Waals surface area (Å²) in [6, 6.07) is 7.18. The molecular weight excluding hydrogens is 230 g/mol. The van der Waals surface area contributed by atoms with E-state index in [1.165, 1.54) is 7.11 Å². The predicted molar refractivity (Wildman–Crippen MR) is 69.1 cm³/mol. The van der Waals surface area contributed by atoms with Gasteiger partial charge in [-0.1, -0.05) is 12.1 Å². The van der Waals surface area contributed by atoms with Crippen LogP contribution in [0.5, 0.6) is 17.2 Å². The van der Waals surface area contributed by atoms with Crippen molar-refractivity contribution in [2.75, 3.05) is 13.7 Å². The number of aromatic hydroxyl groups is 1. The minimum Gasteiger partial charge on any atom is -0.504 e. The molecule has 0 fully saturated rings. The molecule has 4 nitrogen and oxygen atoms in total. The molecule has 0 bridgehead atoms. The first-order chi connectivity index (χ1) is 8.76. The first-order valence-electron chi connectivity index (χ1n) is 5.70. The van der Waals surface area contributed by atoms with Crippen LogP contribution in [0, 0.1) is 0 Å². The van der Waals surface area contributed by atoms with E-state index in [0.717, 1.165) is 5.56 Å². The number of phenols is 1. The van der Waals surface area contributed by atoms with Crippen molar-refractivity contribution in [2.45, 2.75) is 6.92 Å². The zero-order valence-electron chi connectivity index (χ0n) is 10.4. The Bertz CT molecular complexity index is 540. The number of nitrogens with zero attached hydrogens (tertiary/aromatic N) is 1. The lowest BCUT2D eigenvalue weighted by Gasteiger charge is -2.09. The van der Waals surface area contributed by atoms with Gasteiger partial charge in [0.2, 0.25) is 0 Å². The van der Waals surface area contributed by atoms with Gasteiger partial charge in [0.05, 0.1) is 19.9 Å². The third kappa shape index (κ3) is 2.37. The van der Waals surface area contributed by atoms with Crippen LogP contribution in [-0.2, 0) is 0 Å². The number of para-hydroxylation sites is 1. The van der Waals surface area contributed by atoms with Crippen molar-refractivity contribution in [3.8, 4) is 28.4 Å². The molecule has 0 radical (unpaired) electrons. The maximum absolute atomic E-state index is 10.1. The lowest BCUT2D eigenvalue weighted by molar-refractivity contribution is 0.339. The Labute approximate surface area is 106 Å². The summed E-state index contributed by atoms with van der Waals surface area (Å²) in [5.41, 5.74) is 1.46. The van der Waals surface area contributed by atoms with Crippen LogP contribution in [0.15, 0.2) is 36.7 Å². The van der Waals surface area contributed by atoms with Crippen molar-refractivity contribution in [3.05, 3.63) is 36.7 Å². The summed E-state index contributed by atoms with van der Waals surface area (Å²) in [5.74, 6) is 1.22. The molecule has 4 heteroatoms. The Morgan fingerprint density at radius 3 is 2.83 bits per heavy atom. The molecule has 0 aliphatic carbocycles.